The molecule has 0 saturated carbocycles. The van der Waals surface area contributed by atoms with Crippen molar-refractivity contribution in [2.24, 2.45) is 16.2 Å². The molecule has 3 N–H and O–H groups in total. The first kappa shape index (κ1) is 32.3. The summed E-state index contributed by atoms with van der Waals surface area (Å²) >= 11 is 0.900. The van der Waals surface area contributed by atoms with Gasteiger partial charge in [-0.3, -0.25) is 29.6 Å². The fraction of sp³-hybridized carbons (Fsp3) is 0.370. The van der Waals surface area contributed by atoms with Crippen LogP contribution in [0.4, 0.5) is 0 Å². The van der Waals surface area contributed by atoms with Gasteiger partial charge in [-0.25, -0.2) is 0 Å². The van der Waals surface area contributed by atoms with Crippen LogP contribution in [0.25, 0.3) is 10.6 Å². The zero-order valence-electron chi connectivity index (χ0n) is 22.1. The normalized spacial score (nSPS) is 15.3. The molecule has 0 bridgehead atoms. The molecule has 1 fully saturated rings. The summed E-state index contributed by atoms with van der Waals surface area (Å²) in [5, 5.41) is 36.5. The zero-order valence-corrected chi connectivity index (χ0v) is 23.9. The predicted molar refractivity (Wildman–Crippen MR) is 143 cm³/mol. The second kappa shape index (κ2) is 17.6. The van der Waals surface area contributed by atoms with Gasteiger partial charge in [-0.15, -0.1) is 0 Å². The number of amides is 3. The second-order valence-corrected chi connectivity index (χ2v) is 8.90. The number of nitrogens with one attached hydrogen (secondary N) is 1. The van der Waals surface area contributed by atoms with Gasteiger partial charge in [-0.05, 0) is 34.8 Å². The Balaban J connectivity index is 0.00000274. The van der Waals surface area contributed by atoms with Crippen molar-refractivity contribution in [2.75, 3.05) is 19.6 Å². The molecule has 0 spiro atoms. The Morgan fingerprint density at radius 2 is 1.52 bits per heavy atom. The van der Waals surface area contributed by atoms with Crippen LogP contribution in [-0.2, 0) is 43.3 Å². The fourth-order valence-corrected chi connectivity index (χ4v) is 3.93. The van der Waals surface area contributed by atoms with E-state index in [1.807, 2.05) is 18.2 Å². The average Bonchev–Trinajstić information content (AvgIpc) is 3.23. The van der Waals surface area contributed by atoms with Gasteiger partial charge in [0.2, 0.25) is 17.7 Å². The van der Waals surface area contributed by atoms with E-state index in [1.165, 1.54) is 4.90 Å². The van der Waals surface area contributed by atoms with E-state index in [0.717, 1.165) is 24.4 Å². The van der Waals surface area contributed by atoms with Gasteiger partial charge in [-0.2, -0.15) is 0 Å². The molecule has 0 aromatic heterocycles. The standard InChI is InChI=1S/C27H33N6O5.O.Tc/c1-19-17-24(35)33(27(19)36)16-5-9-23(34)30-18-20-10-12-22(13-11-20)26(32-38)29-15-6-14-28-25(31-37)21-7-3-2-4-8-21;;/h2-4,7-8,10-13,19H,5-6,9,14-18H2,1H3,(H4-,28,29,30,31,32,34,37,38);;/q-1;;+2/p-1. The Bertz CT molecular complexity index is 1180. The van der Waals surface area contributed by atoms with Gasteiger partial charge >= 0.3 is 22.4 Å². The van der Waals surface area contributed by atoms with Gasteiger partial charge < -0.3 is 26.4 Å². The molecule has 213 valence electrons. The molecule has 0 aliphatic carbocycles. The summed E-state index contributed by atoms with van der Waals surface area (Å²) in [6.07, 6.45) is 1.43. The number of oxime groups is 2. The van der Waals surface area contributed by atoms with E-state index in [1.54, 1.807) is 43.3 Å². The van der Waals surface area contributed by atoms with Crippen molar-refractivity contribution in [1.82, 2.24) is 10.2 Å². The van der Waals surface area contributed by atoms with Crippen LogP contribution in [0.1, 0.15) is 49.3 Å². The Labute approximate surface area is 243 Å². The number of carbonyl (C=O) groups excluding carboxylic acids is 3. The van der Waals surface area contributed by atoms with Crippen LogP contribution >= 0.6 is 0 Å². The summed E-state index contributed by atoms with van der Waals surface area (Å²) in [4.78, 5) is 37.1. The summed E-state index contributed by atoms with van der Waals surface area (Å²) in [5.74, 6) is -0.365. The predicted octanol–water partition coefficient (Wildman–Crippen LogP) is 3.47. The van der Waals surface area contributed by atoms with Crippen LogP contribution < -0.4 is 5.32 Å². The molecule has 1 saturated heterocycles. The molecule has 0 radical (unpaired) electrons. The topological polar surface area (TPSA) is 177 Å². The molecular formula is C27H32N6O6Tc. The summed E-state index contributed by atoms with van der Waals surface area (Å²) in [7, 11) is 0. The summed E-state index contributed by atoms with van der Waals surface area (Å²) in [6.45, 7) is 3.06. The van der Waals surface area contributed by atoms with Crippen LogP contribution in [0.5, 0.6) is 0 Å². The van der Waals surface area contributed by atoms with Gasteiger partial charge in [0, 0.05) is 31.8 Å². The van der Waals surface area contributed by atoms with Crippen molar-refractivity contribution < 1.29 is 47.2 Å². The molecule has 13 heteroatoms. The van der Waals surface area contributed by atoms with Crippen LogP contribution in [0.2, 0.25) is 0 Å². The number of hydrogen-bond donors (Lipinski definition) is 3. The molecule has 1 unspecified atom stereocenters. The van der Waals surface area contributed by atoms with Crippen molar-refractivity contribution >= 4 is 29.4 Å². The van der Waals surface area contributed by atoms with Crippen molar-refractivity contribution in [3.63, 3.8) is 0 Å². The van der Waals surface area contributed by atoms with E-state index in [9.17, 15) is 24.8 Å². The summed E-state index contributed by atoms with van der Waals surface area (Å²) < 4.78 is 8.22. The first-order valence-electron chi connectivity index (χ1n) is 12.6. The molecule has 1 aliphatic rings. The maximum absolute atomic E-state index is 12.2. The molecule has 40 heavy (non-hydrogen) atoms. The number of likely N-dealkylation sites (tertiary alicyclic amines) is 1. The quantitative estimate of drug-likeness (QED) is 0.0804. The van der Waals surface area contributed by atoms with Crippen molar-refractivity contribution in [3.8, 4) is 0 Å². The first-order chi connectivity index (χ1) is 19.4. The summed E-state index contributed by atoms with van der Waals surface area (Å²) in [5.41, 5.74) is 2.19. The number of benzene rings is 2. The van der Waals surface area contributed by atoms with Gasteiger partial charge in [-0.1, -0.05) is 81.0 Å². The first-order valence-corrected chi connectivity index (χ1v) is 13.4. The van der Waals surface area contributed by atoms with E-state index >= 15 is 0 Å². The van der Waals surface area contributed by atoms with Crippen molar-refractivity contribution in [1.29, 1.82) is 0 Å². The third-order valence-electron chi connectivity index (χ3n) is 6.02. The molecule has 12 nitrogen and oxygen atoms in total. The van der Waals surface area contributed by atoms with Crippen LogP contribution in [0, 0.1) is 5.92 Å². The number of imide groups is 1. The van der Waals surface area contributed by atoms with Gasteiger partial charge in [0.05, 0.1) is 0 Å². The molecule has 1 heterocycles. The number of carbonyl (C=O) groups is 3. The fourth-order valence-electron chi connectivity index (χ4n) is 3.93. The van der Waals surface area contributed by atoms with Crippen LogP contribution in [0.15, 0.2) is 64.9 Å². The van der Waals surface area contributed by atoms with Crippen molar-refractivity contribution in [3.05, 3.63) is 81.9 Å². The van der Waals surface area contributed by atoms with Crippen molar-refractivity contribution in [2.45, 2.75) is 39.2 Å². The molecule has 3 rings (SSSR count). The number of nitrogens with zero attached hydrogens (tertiary/aromatic N) is 5. The monoisotopic (exact) mass is 633 g/mol. The zero-order chi connectivity index (χ0) is 29.3. The Kier molecular flexibility index (Phi) is 14.2. The summed E-state index contributed by atoms with van der Waals surface area (Å²) in [6, 6.07) is 16.2. The van der Waals surface area contributed by atoms with Gasteiger partial charge in [0.15, 0.2) is 0 Å². The molecule has 1 atom stereocenters. The van der Waals surface area contributed by atoms with E-state index in [0.29, 0.717) is 43.6 Å². The maximum atomic E-state index is 12.2. The minimum absolute atomic E-state index is 0.166. The van der Waals surface area contributed by atoms with E-state index in [4.69, 9.17) is 3.50 Å². The van der Waals surface area contributed by atoms with Gasteiger partial charge in [0.25, 0.3) is 0 Å². The van der Waals surface area contributed by atoms with E-state index in [2.05, 4.69) is 26.3 Å². The Morgan fingerprint density at radius 3 is 2.05 bits per heavy atom. The second-order valence-electron chi connectivity index (χ2n) is 8.90. The Hall–Kier alpha value is -3.96. The molecular weight excluding hydrogens is 602 g/mol. The number of hydrogen-bond acceptors (Lipinski definition) is 8. The van der Waals surface area contributed by atoms with E-state index in [-0.39, 0.29) is 54.7 Å². The van der Waals surface area contributed by atoms with Gasteiger partial charge in [0.1, 0.15) is 0 Å². The third kappa shape index (κ3) is 9.97. The number of rotatable bonds is 12. The van der Waals surface area contributed by atoms with Crippen LogP contribution in [-0.4, -0.2) is 64.3 Å². The third-order valence-corrected chi connectivity index (χ3v) is 6.02. The molecule has 1 aliphatic heterocycles. The molecule has 2 aromatic rings. The van der Waals surface area contributed by atoms with E-state index < -0.39 is 0 Å². The minimum atomic E-state index is -0.279. The SMILES string of the molecule is CC1CC(=O)N(CCCC(=O)NCc2ccc(/C(=N/O)[N-]CCC[N-]/C(=N\O)c3ccccc3)cc2)C1=O.[O]=[Tc+2]. The van der Waals surface area contributed by atoms with Crippen LogP contribution in [0.3, 0.4) is 0 Å². The molecule has 3 amide bonds. The number of amidine groups is 2. The average molecular weight is 635 g/mol. The molecule has 2 aromatic carbocycles. The Morgan fingerprint density at radius 1 is 0.950 bits per heavy atom.